The summed E-state index contributed by atoms with van der Waals surface area (Å²) in [5.74, 6) is -1.59. The first-order valence-electron chi connectivity index (χ1n) is 12.2. The van der Waals surface area contributed by atoms with E-state index in [4.69, 9.17) is 9.47 Å². The van der Waals surface area contributed by atoms with Crippen LogP contribution in [0.25, 0.3) is 11.1 Å². The first kappa shape index (κ1) is 27.9. The van der Waals surface area contributed by atoms with Gasteiger partial charge in [-0.3, -0.25) is 4.79 Å². The number of fused-ring (bicyclic) bond motifs is 1. The van der Waals surface area contributed by atoms with Gasteiger partial charge >= 0.3 is 6.18 Å². The number of aromatic nitrogens is 2. The van der Waals surface area contributed by atoms with E-state index >= 15 is 4.39 Å². The van der Waals surface area contributed by atoms with Gasteiger partial charge in [0.2, 0.25) is 10.0 Å². The average molecular weight is 581 g/mol. The number of halogens is 4. The number of ether oxygens (including phenoxy) is 2. The molecule has 0 radical (unpaired) electrons. The number of morpholine rings is 1. The molecular formula is C26H24F4N4O5S. The Morgan fingerprint density at radius 1 is 1.18 bits per heavy atom. The fourth-order valence-electron chi connectivity index (χ4n) is 4.99. The molecule has 1 amide bonds. The summed E-state index contributed by atoms with van der Waals surface area (Å²) in [5, 5.41) is 0. The molecular weight excluding hydrogens is 556 g/mol. The van der Waals surface area contributed by atoms with E-state index in [-0.39, 0.29) is 54.4 Å². The number of benzene rings is 2. The third kappa shape index (κ3) is 5.51. The van der Waals surface area contributed by atoms with Crippen molar-refractivity contribution in [3.63, 3.8) is 0 Å². The lowest BCUT2D eigenvalue weighted by atomic mass is 9.97. The van der Waals surface area contributed by atoms with Crippen molar-refractivity contribution >= 4 is 21.6 Å². The number of sulfonamides is 1. The second-order valence-electron chi connectivity index (χ2n) is 9.37. The third-order valence-corrected chi connectivity index (χ3v) is 8.68. The van der Waals surface area contributed by atoms with Gasteiger partial charge in [0.25, 0.3) is 5.91 Å². The van der Waals surface area contributed by atoms with Crippen LogP contribution in [0.15, 0.2) is 55.0 Å². The second-order valence-corrected chi connectivity index (χ2v) is 11.3. The number of rotatable bonds is 6. The van der Waals surface area contributed by atoms with Crippen LogP contribution < -0.4 is 9.64 Å². The molecule has 2 aliphatic heterocycles. The van der Waals surface area contributed by atoms with E-state index in [0.29, 0.717) is 5.69 Å². The van der Waals surface area contributed by atoms with Crippen LogP contribution in [0.1, 0.15) is 17.7 Å². The summed E-state index contributed by atoms with van der Waals surface area (Å²) >= 11 is 0. The van der Waals surface area contributed by atoms with Crippen LogP contribution in [0.5, 0.6) is 5.75 Å². The molecule has 3 aromatic rings. The zero-order chi connectivity index (χ0) is 28.7. The second kappa shape index (κ2) is 10.7. The molecule has 2 atom stereocenters. The molecule has 2 aliphatic rings. The Hall–Kier alpha value is -3.62. The van der Waals surface area contributed by atoms with Crippen LogP contribution in [0.4, 0.5) is 23.2 Å². The number of hydrogen-bond acceptors (Lipinski definition) is 7. The molecule has 40 heavy (non-hydrogen) atoms. The smallest absolute Gasteiger partial charge is 0.416 e. The number of amides is 1. The van der Waals surface area contributed by atoms with Gasteiger partial charge in [0.05, 0.1) is 36.2 Å². The summed E-state index contributed by atoms with van der Waals surface area (Å²) in [5.41, 5.74) is -0.656. The van der Waals surface area contributed by atoms with Crippen LogP contribution in [-0.4, -0.2) is 67.6 Å². The lowest BCUT2D eigenvalue weighted by molar-refractivity contribution is -0.137. The molecule has 0 unspecified atom stereocenters. The summed E-state index contributed by atoms with van der Waals surface area (Å²) in [4.78, 5) is 22.1. The highest BCUT2D eigenvalue weighted by Gasteiger charge is 2.44. The molecule has 3 heterocycles. The summed E-state index contributed by atoms with van der Waals surface area (Å²) in [6.45, 7) is -0.328. The Morgan fingerprint density at radius 2 is 1.98 bits per heavy atom. The molecule has 2 fully saturated rings. The lowest BCUT2D eigenvalue weighted by Crippen LogP contribution is -2.62. The molecule has 1 aromatic heterocycles. The number of piperidine rings is 1. The Kier molecular flexibility index (Phi) is 7.50. The van der Waals surface area contributed by atoms with Crippen molar-refractivity contribution in [2.45, 2.75) is 30.5 Å². The number of nitrogens with zero attached hydrogens (tertiary/aromatic N) is 4. The molecule has 0 spiro atoms. The van der Waals surface area contributed by atoms with E-state index in [1.54, 1.807) is 0 Å². The maximum atomic E-state index is 15.4. The topological polar surface area (TPSA) is 102 Å². The van der Waals surface area contributed by atoms with E-state index in [1.807, 2.05) is 0 Å². The molecule has 2 saturated heterocycles. The Balaban J connectivity index is 1.43. The van der Waals surface area contributed by atoms with Crippen LogP contribution in [0, 0.1) is 5.82 Å². The molecule has 212 valence electrons. The van der Waals surface area contributed by atoms with Gasteiger partial charge in [-0.1, -0.05) is 12.1 Å². The first-order valence-corrected chi connectivity index (χ1v) is 13.8. The molecule has 9 nitrogen and oxygen atoms in total. The largest absolute Gasteiger partial charge is 0.495 e. The normalized spacial score (nSPS) is 20.3. The maximum Gasteiger partial charge on any atom is 0.416 e. The predicted molar refractivity (Wildman–Crippen MR) is 135 cm³/mol. The van der Waals surface area contributed by atoms with Crippen molar-refractivity contribution in [3.8, 4) is 16.9 Å². The van der Waals surface area contributed by atoms with Crippen molar-refractivity contribution in [1.29, 1.82) is 0 Å². The highest BCUT2D eigenvalue weighted by molar-refractivity contribution is 7.88. The highest BCUT2D eigenvalue weighted by atomic mass is 32.2. The lowest BCUT2D eigenvalue weighted by Gasteiger charge is -2.46. The fraction of sp³-hybridized carbons (Fsp3) is 0.346. The van der Waals surface area contributed by atoms with E-state index < -0.39 is 45.6 Å². The van der Waals surface area contributed by atoms with Crippen LogP contribution in [-0.2, 0) is 31.5 Å². The van der Waals surface area contributed by atoms with Crippen LogP contribution in [0.2, 0.25) is 0 Å². The van der Waals surface area contributed by atoms with Crippen LogP contribution in [0.3, 0.4) is 0 Å². The number of carbonyl (C=O) groups excluding carboxylic acids is 1. The molecule has 14 heteroatoms. The summed E-state index contributed by atoms with van der Waals surface area (Å²) in [6, 6.07) is 7.43. The average Bonchev–Trinajstić information content (AvgIpc) is 2.92. The molecule has 0 bridgehead atoms. The van der Waals surface area contributed by atoms with Gasteiger partial charge < -0.3 is 14.4 Å². The van der Waals surface area contributed by atoms with E-state index in [0.717, 1.165) is 18.2 Å². The Bertz CT molecular complexity index is 1520. The van der Waals surface area contributed by atoms with E-state index in [2.05, 4.69) is 9.97 Å². The minimum absolute atomic E-state index is 0.00874. The van der Waals surface area contributed by atoms with Gasteiger partial charge in [0.15, 0.2) is 0 Å². The van der Waals surface area contributed by atoms with Crippen LogP contribution >= 0.6 is 0 Å². The van der Waals surface area contributed by atoms with Gasteiger partial charge in [0.1, 0.15) is 30.3 Å². The number of anilines is 1. The third-order valence-electron chi connectivity index (χ3n) is 6.90. The van der Waals surface area contributed by atoms with Crippen molar-refractivity contribution < 1.29 is 40.2 Å². The zero-order valence-electron chi connectivity index (χ0n) is 21.1. The maximum absolute atomic E-state index is 15.4. The molecule has 0 saturated carbocycles. The van der Waals surface area contributed by atoms with Gasteiger partial charge in [-0.25, -0.2) is 22.8 Å². The molecule has 2 aromatic carbocycles. The monoisotopic (exact) mass is 580 g/mol. The minimum Gasteiger partial charge on any atom is -0.495 e. The van der Waals surface area contributed by atoms with Crippen molar-refractivity contribution in [2.75, 3.05) is 31.7 Å². The zero-order valence-corrected chi connectivity index (χ0v) is 22.0. The van der Waals surface area contributed by atoms with Gasteiger partial charge in [-0.15, -0.1) is 0 Å². The molecule has 5 rings (SSSR count). The Morgan fingerprint density at radius 3 is 2.67 bits per heavy atom. The first-order chi connectivity index (χ1) is 19.0. The number of methoxy groups -OCH3 is 1. The quantitative estimate of drug-likeness (QED) is 0.411. The number of hydrogen-bond donors (Lipinski definition) is 0. The van der Waals surface area contributed by atoms with E-state index in [9.17, 15) is 26.4 Å². The van der Waals surface area contributed by atoms with Gasteiger partial charge in [-0.05, 0) is 36.2 Å². The summed E-state index contributed by atoms with van der Waals surface area (Å²) in [7, 11) is -2.45. The number of alkyl halides is 3. The highest BCUT2D eigenvalue weighted by Crippen LogP contribution is 2.41. The van der Waals surface area contributed by atoms with Gasteiger partial charge in [0, 0.05) is 30.9 Å². The SMILES string of the molecule is COc1cc(-c2cccc(C(F)(F)F)c2)c(F)cc1N1C(=O)CO[C@@H]2CN(S(=O)(=O)Cc3ccncn3)CC[C@H]21. The fourth-order valence-corrected chi connectivity index (χ4v) is 6.48. The van der Waals surface area contributed by atoms with Crippen molar-refractivity contribution in [3.05, 3.63) is 72.1 Å². The molecule has 0 aliphatic carbocycles. The Labute approximate surface area is 227 Å². The predicted octanol–water partition coefficient (Wildman–Crippen LogP) is 3.65. The van der Waals surface area contributed by atoms with Gasteiger partial charge in [-0.2, -0.15) is 17.5 Å². The molecule has 0 N–H and O–H groups in total. The van der Waals surface area contributed by atoms with Crippen molar-refractivity contribution in [2.24, 2.45) is 0 Å². The van der Waals surface area contributed by atoms with Crippen molar-refractivity contribution in [1.82, 2.24) is 14.3 Å². The minimum atomic E-state index is -4.61. The standard InChI is InChI=1S/C26H24F4N4O5S/c1-38-23-10-19(16-3-2-4-17(9-16)26(28,29)30)20(27)11-22(23)34-21-6-8-33(12-24(21)39-13-25(34)35)40(36,37)14-18-5-7-31-15-32-18/h2-5,7,9-11,15,21,24H,6,8,12-14H2,1H3/t21-,24-/m1/s1. The summed E-state index contributed by atoms with van der Waals surface area (Å²) in [6.07, 6.45) is -2.41. The number of carbonyl (C=O) groups is 1. The van der Waals surface area contributed by atoms with E-state index in [1.165, 1.54) is 53.1 Å². The summed E-state index contributed by atoms with van der Waals surface area (Å²) < 4.78 is 93.6.